The molecule has 1 aromatic heterocycles. The number of halogens is 1. The Kier molecular flexibility index (Phi) is 4.48. The van der Waals surface area contributed by atoms with Crippen molar-refractivity contribution in [3.8, 4) is 0 Å². The summed E-state index contributed by atoms with van der Waals surface area (Å²) in [6.45, 7) is 8.21. The zero-order chi connectivity index (χ0) is 14.0. The normalized spacial score (nSPS) is 10.8. The van der Waals surface area contributed by atoms with Gasteiger partial charge in [-0.3, -0.25) is 0 Å². The Morgan fingerprint density at radius 1 is 1.16 bits per heavy atom. The van der Waals surface area contributed by atoms with Crippen LogP contribution in [0.25, 0.3) is 0 Å². The Hall–Kier alpha value is -1.06. The second-order valence-electron chi connectivity index (χ2n) is 4.59. The van der Waals surface area contributed by atoms with Gasteiger partial charge in [0.1, 0.15) is 16.0 Å². The van der Waals surface area contributed by atoms with Gasteiger partial charge < -0.3 is 0 Å². The molecule has 2 rings (SSSR count). The zero-order valence-corrected chi connectivity index (χ0v) is 13.2. The predicted molar refractivity (Wildman–Crippen MR) is 81.2 cm³/mol. The van der Waals surface area contributed by atoms with Gasteiger partial charge in [0.25, 0.3) is 0 Å². The quantitative estimate of drug-likeness (QED) is 0.762. The molecule has 1 aromatic carbocycles. The SMILES string of the molecule is CCc1nc(Cl)c(C)c(Sc2cc(C)ccc2C)n1. The Morgan fingerprint density at radius 2 is 1.89 bits per heavy atom. The molecule has 0 N–H and O–H groups in total. The molecule has 0 fully saturated rings. The third-order valence-electron chi connectivity index (χ3n) is 2.95. The van der Waals surface area contributed by atoms with Crippen LogP contribution >= 0.6 is 23.4 Å². The fraction of sp³-hybridized carbons (Fsp3) is 0.333. The van der Waals surface area contributed by atoms with Crippen LogP contribution in [0, 0.1) is 20.8 Å². The summed E-state index contributed by atoms with van der Waals surface area (Å²) in [6.07, 6.45) is 0.792. The summed E-state index contributed by atoms with van der Waals surface area (Å²) >= 11 is 7.83. The molecule has 0 unspecified atom stereocenters. The molecule has 19 heavy (non-hydrogen) atoms. The average molecular weight is 293 g/mol. The van der Waals surface area contributed by atoms with E-state index in [2.05, 4.69) is 42.0 Å². The number of benzene rings is 1. The molecule has 0 bridgehead atoms. The molecule has 0 aliphatic carbocycles. The Balaban J connectivity index is 2.42. The average Bonchev–Trinajstić information content (AvgIpc) is 2.38. The molecule has 0 atom stereocenters. The largest absolute Gasteiger partial charge is 0.226 e. The fourth-order valence-corrected chi connectivity index (χ4v) is 3.02. The molecule has 0 aliphatic heterocycles. The summed E-state index contributed by atoms with van der Waals surface area (Å²) in [6, 6.07) is 6.44. The molecule has 2 aromatic rings. The summed E-state index contributed by atoms with van der Waals surface area (Å²) in [4.78, 5) is 10.1. The first-order valence-corrected chi connectivity index (χ1v) is 7.48. The number of aryl methyl sites for hydroxylation is 3. The van der Waals surface area contributed by atoms with E-state index in [4.69, 9.17) is 11.6 Å². The minimum absolute atomic E-state index is 0.555. The lowest BCUT2D eigenvalue weighted by Crippen LogP contribution is -1.98. The van der Waals surface area contributed by atoms with Crippen LogP contribution < -0.4 is 0 Å². The molecular formula is C15H17ClN2S. The highest BCUT2D eigenvalue weighted by atomic mass is 35.5. The third kappa shape index (κ3) is 3.28. The number of aromatic nitrogens is 2. The van der Waals surface area contributed by atoms with E-state index in [0.717, 1.165) is 22.8 Å². The van der Waals surface area contributed by atoms with Crippen molar-refractivity contribution in [2.24, 2.45) is 0 Å². The van der Waals surface area contributed by atoms with Gasteiger partial charge in [0, 0.05) is 16.9 Å². The van der Waals surface area contributed by atoms with Crippen molar-refractivity contribution in [2.75, 3.05) is 0 Å². The smallest absolute Gasteiger partial charge is 0.136 e. The van der Waals surface area contributed by atoms with Gasteiger partial charge in [-0.25, -0.2) is 9.97 Å². The minimum atomic E-state index is 0.555. The first-order valence-electron chi connectivity index (χ1n) is 6.29. The standard InChI is InChI=1S/C15H17ClN2S/c1-5-13-17-14(16)11(4)15(18-13)19-12-8-9(2)6-7-10(12)3/h6-8H,5H2,1-4H3. The molecular weight excluding hydrogens is 276 g/mol. The van der Waals surface area contributed by atoms with Crippen LogP contribution in [0.3, 0.4) is 0 Å². The van der Waals surface area contributed by atoms with Gasteiger partial charge in [-0.2, -0.15) is 0 Å². The van der Waals surface area contributed by atoms with Gasteiger partial charge in [-0.05, 0) is 38.0 Å². The molecule has 0 spiro atoms. The number of hydrogen-bond donors (Lipinski definition) is 0. The minimum Gasteiger partial charge on any atom is -0.226 e. The van der Waals surface area contributed by atoms with Crippen LogP contribution in [0.15, 0.2) is 28.1 Å². The number of rotatable bonds is 3. The maximum Gasteiger partial charge on any atom is 0.136 e. The van der Waals surface area contributed by atoms with E-state index >= 15 is 0 Å². The van der Waals surface area contributed by atoms with E-state index in [1.807, 2.05) is 13.8 Å². The molecule has 1 heterocycles. The molecule has 0 aliphatic rings. The summed E-state index contributed by atoms with van der Waals surface area (Å²) in [7, 11) is 0. The fourth-order valence-electron chi connectivity index (χ4n) is 1.69. The van der Waals surface area contributed by atoms with Crippen molar-refractivity contribution < 1.29 is 0 Å². The van der Waals surface area contributed by atoms with Crippen molar-refractivity contribution in [3.63, 3.8) is 0 Å². The van der Waals surface area contributed by atoms with Crippen LogP contribution in [0.1, 0.15) is 29.4 Å². The van der Waals surface area contributed by atoms with Gasteiger partial charge >= 0.3 is 0 Å². The van der Waals surface area contributed by atoms with Crippen LogP contribution in [-0.2, 0) is 6.42 Å². The maximum atomic E-state index is 6.17. The van der Waals surface area contributed by atoms with Crippen LogP contribution in [0.5, 0.6) is 0 Å². The third-order valence-corrected chi connectivity index (χ3v) is 4.57. The van der Waals surface area contributed by atoms with Crippen molar-refractivity contribution in [1.82, 2.24) is 9.97 Å². The lowest BCUT2D eigenvalue weighted by molar-refractivity contribution is 0.871. The monoisotopic (exact) mass is 292 g/mol. The molecule has 100 valence electrons. The number of nitrogens with zero attached hydrogens (tertiary/aromatic N) is 2. The van der Waals surface area contributed by atoms with Crippen LogP contribution in [0.4, 0.5) is 0 Å². The zero-order valence-electron chi connectivity index (χ0n) is 11.6. The molecule has 2 nitrogen and oxygen atoms in total. The summed E-state index contributed by atoms with van der Waals surface area (Å²) in [5.41, 5.74) is 3.45. The van der Waals surface area contributed by atoms with Crippen molar-refractivity contribution >= 4 is 23.4 Å². The van der Waals surface area contributed by atoms with Crippen LogP contribution in [-0.4, -0.2) is 9.97 Å². The van der Waals surface area contributed by atoms with Crippen molar-refractivity contribution in [1.29, 1.82) is 0 Å². The molecule has 0 radical (unpaired) electrons. The van der Waals surface area contributed by atoms with E-state index in [9.17, 15) is 0 Å². The van der Waals surface area contributed by atoms with Crippen molar-refractivity contribution in [3.05, 3.63) is 45.9 Å². The summed E-state index contributed by atoms with van der Waals surface area (Å²) in [5.74, 6) is 0.795. The highest BCUT2D eigenvalue weighted by Gasteiger charge is 2.11. The number of hydrogen-bond acceptors (Lipinski definition) is 3. The van der Waals surface area contributed by atoms with E-state index in [-0.39, 0.29) is 0 Å². The summed E-state index contributed by atoms with van der Waals surface area (Å²) < 4.78 is 0. The van der Waals surface area contributed by atoms with Gasteiger partial charge in [-0.1, -0.05) is 42.4 Å². The highest BCUT2D eigenvalue weighted by molar-refractivity contribution is 7.99. The van der Waals surface area contributed by atoms with Crippen LogP contribution in [0.2, 0.25) is 5.15 Å². The van der Waals surface area contributed by atoms with E-state index in [1.54, 1.807) is 11.8 Å². The molecule has 4 heteroatoms. The molecule has 0 saturated heterocycles. The lowest BCUT2D eigenvalue weighted by Gasteiger charge is -2.10. The maximum absolute atomic E-state index is 6.17. The summed E-state index contributed by atoms with van der Waals surface area (Å²) in [5, 5.41) is 1.50. The molecule has 0 amide bonds. The topological polar surface area (TPSA) is 25.8 Å². The van der Waals surface area contributed by atoms with E-state index < -0.39 is 0 Å². The second kappa shape index (κ2) is 5.93. The second-order valence-corrected chi connectivity index (χ2v) is 5.97. The van der Waals surface area contributed by atoms with Crippen molar-refractivity contribution in [2.45, 2.75) is 44.0 Å². The first kappa shape index (κ1) is 14.4. The Labute approximate surface area is 123 Å². The lowest BCUT2D eigenvalue weighted by atomic mass is 10.2. The predicted octanol–water partition coefficient (Wildman–Crippen LogP) is 4.77. The molecule has 0 saturated carbocycles. The van der Waals surface area contributed by atoms with Gasteiger partial charge in [0.15, 0.2) is 0 Å². The van der Waals surface area contributed by atoms with E-state index in [1.165, 1.54) is 16.0 Å². The Bertz CT molecular complexity index is 611. The highest BCUT2D eigenvalue weighted by Crippen LogP contribution is 2.33. The van der Waals surface area contributed by atoms with Gasteiger partial charge in [-0.15, -0.1) is 0 Å². The Morgan fingerprint density at radius 3 is 2.58 bits per heavy atom. The van der Waals surface area contributed by atoms with Gasteiger partial charge in [0.05, 0.1) is 0 Å². The first-order chi connectivity index (χ1) is 9.01. The van der Waals surface area contributed by atoms with E-state index in [0.29, 0.717) is 5.15 Å². The van der Waals surface area contributed by atoms with Gasteiger partial charge in [0.2, 0.25) is 0 Å².